The van der Waals surface area contributed by atoms with E-state index in [1.807, 2.05) is 34.1 Å². The first-order valence-electron chi connectivity index (χ1n) is 13.7. The van der Waals surface area contributed by atoms with Gasteiger partial charge in [-0.05, 0) is 87.3 Å². The molecule has 1 saturated heterocycles. The molecule has 2 fully saturated rings. The number of carbonyl (C=O) groups is 2. The largest absolute Gasteiger partial charge is 0.312 e. The predicted molar refractivity (Wildman–Crippen MR) is 143 cm³/mol. The Morgan fingerprint density at radius 3 is 2.27 bits per heavy atom. The molecule has 0 aromatic heterocycles. The number of carbonyl (C=O) groups excluding carboxylic acids is 2. The van der Waals surface area contributed by atoms with Crippen molar-refractivity contribution in [1.29, 1.82) is 0 Å². The normalized spacial score (nSPS) is 22.9. The summed E-state index contributed by atoms with van der Waals surface area (Å²) < 4.78 is 28.6. The Morgan fingerprint density at radius 1 is 0.811 bits per heavy atom. The van der Waals surface area contributed by atoms with E-state index in [-0.39, 0.29) is 34.6 Å². The summed E-state index contributed by atoms with van der Waals surface area (Å²) in [7, 11) is -3.67. The number of fused-ring (bicyclic) bond motifs is 2. The van der Waals surface area contributed by atoms with Gasteiger partial charge >= 0.3 is 0 Å². The van der Waals surface area contributed by atoms with E-state index in [1.54, 1.807) is 12.1 Å². The molecule has 8 heteroatoms. The summed E-state index contributed by atoms with van der Waals surface area (Å²) in [6.07, 6.45) is 6.56. The van der Waals surface area contributed by atoms with Crippen molar-refractivity contribution in [2.75, 3.05) is 29.4 Å². The third kappa shape index (κ3) is 4.28. The minimum Gasteiger partial charge on any atom is -0.312 e. The van der Waals surface area contributed by atoms with Crippen LogP contribution in [0, 0.1) is 11.8 Å². The highest BCUT2D eigenvalue weighted by Crippen LogP contribution is 2.37. The van der Waals surface area contributed by atoms with Gasteiger partial charge in [0, 0.05) is 48.9 Å². The average molecular weight is 522 g/mol. The van der Waals surface area contributed by atoms with Gasteiger partial charge < -0.3 is 9.80 Å². The summed E-state index contributed by atoms with van der Waals surface area (Å²) in [5.74, 6) is 0.244. The first-order valence-corrected chi connectivity index (χ1v) is 15.1. The van der Waals surface area contributed by atoms with Gasteiger partial charge in [-0.1, -0.05) is 24.6 Å². The minimum absolute atomic E-state index is 0.111. The number of hydrogen-bond acceptors (Lipinski definition) is 4. The van der Waals surface area contributed by atoms with Crippen LogP contribution in [0.15, 0.2) is 47.4 Å². The number of piperidine rings is 1. The Hall–Kier alpha value is -2.71. The Labute approximate surface area is 219 Å². The smallest absolute Gasteiger partial charge is 0.243 e. The number of aryl methyl sites for hydroxylation is 1. The fourth-order valence-electron chi connectivity index (χ4n) is 6.43. The van der Waals surface area contributed by atoms with Gasteiger partial charge in [0.1, 0.15) is 0 Å². The van der Waals surface area contributed by atoms with Gasteiger partial charge in [0.15, 0.2) is 0 Å². The van der Waals surface area contributed by atoms with Gasteiger partial charge in [-0.2, -0.15) is 4.31 Å². The van der Waals surface area contributed by atoms with Crippen LogP contribution in [0.5, 0.6) is 0 Å². The van der Waals surface area contributed by atoms with E-state index in [0.717, 1.165) is 55.5 Å². The zero-order chi connectivity index (χ0) is 25.7. The van der Waals surface area contributed by atoms with E-state index in [0.29, 0.717) is 32.5 Å². The predicted octanol–water partition coefficient (Wildman–Crippen LogP) is 4.14. The molecule has 0 N–H and O–H groups in total. The quantitative estimate of drug-likeness (QED) is 0.606. The molecule has 1 atom stereocenters. The second-order valence-electron chi connectivity index (χ2n) is 11.1. The number of rotatable bonds is 4. The molecule has 1 unspecified atom stereocenters. The van der Waals surface area contributed by atoms with Crippen molar-refractivity contribution in [3.05, 3.63) is 53.6 Å². The van der Waals surface area contributed by atoms with Crippen molar-refractivity contribution in [1.82, 2.24) is 4.31 Å². The summed E-state index contributed by atoms with van der Waals surface area (Å²) in [4.78, 5) is 30.4. The molecule has 0 bridgehead atoms. The molecule has 1 aliphatic carbocycles. The van der Waals surface area contributed by atoms with Crippen LogP contribution in [0.25, 0.3) is 0 Å². The number of sulfonamides is 1. The SMILES string of the molecule is CC1Cc2ccccc2N1C(=O)C1CCN(S(=O)(=O)c2ccc3c(c2)CCCN3C(=O)C2CCC2)CC1. The number of benzene rings is 2. The molecular weight excluding hydrogens is 486 g/mol. The van der Waals surface area contributed by atoms with Gasteiger partial charge in [-0.25, -0.2) is 8.42 Å². The van der Waals surface area contributed by atoms with Crippen molar-refractivity contribution in [2.45, 2.75) is 69.2 Å². The summed E-state index contributed by atoms with van der Waals surface area (Å²) in [5.41, 5.74) is 4.00. The zero-order valence-electron chi connectivity index (χ0n) is 21.4. The number of para-hydroxylation sites is 1. The van der Waals surface area contributed by atoms with Gasteiger partial charge in [-0.15, -0.1) is 0 Å². The molecule has 3 heterocycles. The van der Waals surface area contributed by atoms with Gasteiger partial charge in [-0.3, -0.25) is 9.59 Å². The van der Waals surface area contributed by atoms with E-state index >= 15 is 0 Å². The Bertz CT molecular complexity index is 1330. The average Bonchev–Trinajstić information content (AvgIpc) is 3.22. The number of hydrogen-bond donors (Lipinski definition) is 0. The zero-order valence-corrected chi connectivity index (χ0v) is 22.3. The molecule has 0 radical (unpaired) electrons. The molecule has 37 heavy (non-hydrogen) atoms. The van der Waals surface area contributed by atoms with Crippen molar-refractivity contribution in [2.24, 2.45) is 11.8 Å². The second-order valence-corrected chi connectivity index (χ2v) is 13.0. The molecule has 6 rings (SSSR count). The Balaban J connectivity index is 1.15. The highest BCUT2D eigenvalue weighted by Gasteiger charge is 2.39. The first-order chi connectivity index (χ1) is 17.8. The second kappa shape index (κ2) is 9.55. The van der Waals surface area contributed by atoms with Crippen LogP contribution >= 0.6 is 0 Å². The third-order valence-electron chi connectivity index (χ3n) is 8.78. The van der Waals surface area contributed by atoms with Crippen molar-refractivity contribution >= 4 is 33.2 Å². The minimum atomic E-state index is -3.67. The van der Waals surface area contributed by atoms with Crippen molar-refractivity contribution < 1.29 is 18.0 Å². The van der Waals surface area contributed by atoms with Crippen LogP contribution in [-0.4, -0.2) is 50.2 Å². The van der Waals surface area contributed by atoms with Crippen LogP contribution in [0.1, 0.15) is 56.6 Å². The molecule has 0 spiro atoms. The van der Waals surface area contributed by atoms with E-state index in [9.17, 15) is 18.0 Å². The Kier molecular flexibility index (Phi) is 6.35. The van der Waals surface area contributed by atoms with Crippen molar-refractivity contribution in [3.8, 4) is 0 Å². The number of amides is 2. The molecule has 1 saturated carbocycles. The standard InChI is InChI=1S/C29H35N3O4S/c1-20-18-23-6-2-3-10-27(23)32(20)29(34)22-13-16-30(17-14-22)37(35,36)25-11-12-26-24(19-25)9-5-15-31(26)28(33)21-7-4-8-21/h2-3,6,10-12,19-22H,4-5,7-9,13-18H2,1H3. The van der Waals surface area contributed by atoms with E-state index < -0.39 is 10.0 Å². The fraction of sp³-hybridized carbons (Fsp3) is 0.517. The molecule has 2 aromatic carbocycles. The highest BCUT2D eigenvalue weighted by molar-refractivity contribution is 7.89. The topological polar surface area (TPSA) is 78.0 Å². The van der Waals surface area contributed by atoms with E-state index in [4.69, 9.17) is 0 Å². The number of anilines is 2. The maximum Gasteiger partial charge on any atom is 0.243 e. The Morgan fingerprint density at radius 2 is 1.54 bits per heavy atom. The summed E-state index contributed by atoms with van der Waals surface area (Å²) in [6.45, 7) is 3.46. The van der Waals surface area contributed by atoms with Crippen LogP contribution < -0.4 is 9.80 Å². The first kappa shape index (κ1) is 24.6. The van der Waals surface area contributed by atoms with E-state index in [2.05, 4.69) is 13.0 Å². The third-order valence-corrected chi connectivity index (χ3v) is 10.7. The summed E-state index contributed by atoms with van der Waals surface area (Å²) in [6, 6.07) is 13.4. The number of nitrogens with zero attached hydrogens (tertiary/aromatic N) is 3. The summed E-state index contributed by atoms with van der Waals surface area (Å²) >= 11 is 0. The van der Waals surface area contributed by atoms with E-state index in [1.165, 1.54) is 9.87 Å². The molecule has 3 aliphatic heterocycles. The summed E-state index contributed by atoms with van der Waals surface area (Å²) in [5, 5.41) is 0. The monoisotopic (exact) mass is 521 g/mol. The van der Waals surface area contributed by atoms with Gasteiger partial charge in [0.05, 0.1) is 4.90 Å². The highest BCUT2D eigenvalue weighted by atomic mass is 32.2. The lowest BCUT2D eigenvalue weighted by Crippen LogP contribution is -2.46. The van der Waals surface area contributed by atoms with Crippen LogP contribution in [0.2, 0.25) is 0 Å². The maximum absolute atomic E-state index is 13.6. The molecule has 4 aliphatic rings. The lowest BCUT2D eigenvalue weighted by Gasteiger charge is -2.36. The molecule has 2 aromatic rings. The van der Waals surface area contributed by atoms with Gasteiger partial charge in [0.25, 0.3) is 0 Å². The van der Waals surface area contributed by atoms with Crippen LogP contribution in [-0.2, 0) is 32.5 Å². The lowest BCUT2D eigenvalue weighted by molar-refractivity contribution is -0.125. The van der Waals surface area contributed by atoms with Crippen LogP contribution in [0.3, 0.4) is 0 Å². The van der Waals surface area contributed by atoms with Crippen LogP contribution in [0.4, 0.5) is 11.4 Å². The van der Waals surface area contributed by atoms with Crippen molar-refractivity contribution in [3.63, 3.8) is 0 Å². The fourth-order valence-corrected chi connectivity index (χ4v) is 7.95. The maximum atomic E-state index is 13.6. The molecule has 2 amide bonds. The lowest BCUT2D eigenvalue weighted by atomic mass is 9.83. The molecule has 7 nitrogen and oxygen atoms in total. The molecular formula is C29H35N3O4S. The molecule has 196 valence electrons. The van der Waals surface area contributed by atoms with Gasteiger partial charge in [0.2, 0.25) is 21.8 Å².